The second-order valence-corrected chi connectivity index (χ2v) is 5.00. The number of carboxylic acid groups (broad SMARTS) is 1. The molecule has 1 aliphatic rings. The molecule has 8 nitrogen and oxygen atoms in total. The highest BCUT2D eigenvalue weighted by Crippen LogP contribution is 2.32. The van der Waals surface area contributed by atoms with Crippen molar-refractivity contribution in [2.75, 3.05) is 0 Å². The molecule has 1 amide bonds. The normalized spacial score (nSPS) is 16.0. The summed E-state index contributed by atoms with van der Waals surface area (Å²) >= 11 is 0. The van der Waals surface area contributed by atoms with Crippen LogP contribution in [0.2, 0.25) is 0 Å². The van der Waals surface area contributed by atoms with Crippen LogP contribution in [0.4, 0.5) is 0 Å². The molecule has 108 valence electrons. The Hall–Kier alpha value is -2.77. The molecule has 21 heavy (non-hydrogen) atoms. The molecule has 0 spiro atoms. The van der Waals surface area contributed by atoms with E-state index < -0.39 is 11.5 Å². The number of hydrogen-bond acceptors (Lipinski definition) is 5. The number of hydrogen-bond donors (Lipinski definition) is 2. The summed E-state index contributed by atoms with van der Waals surface area (Å²) in [6, 6.07) is 6.61. The fourth-order valence-corrected chi connectivity index (χ4v) is 2.26. The van der Waals surface area contributed by atoms with E-state index in [2.05, 4.69) is 20.8 Å². The number of tetrazole rings is 1. The van der Waals surface area contributed by atoms with Crippen molar-refractivity contribution in [2.24, 2.45) is 0 Å². The van der Waals surface area contributed by atoms with E-state index in [4.69, 9.17) is 0 Å². The Kier molecular flexibility index (Phi) is 3.13. The summed E-state index contributed by atoms with van der Waals surface area (Å²) in [6.45, 7) is 0. The number of aromatic nitrogens is 4. The van der Waals surface area contributed by atoms with E-state index in [0.29, 0.717) is 24.1 Å². The molecule has 1 saturated carbocycles. The molecule has 1 fully saturated rings. The average molecular weight is 287 g/mol. The maximum atomic E-state index is 12.1. The molecule has 3 rings (SSSR count). The van der Waals surface area contributed by atoms with Crippen LogP contribution in [0.25, 0.3) is 5.69 Å². The summed E-state index contributed by atoms with van der Waals surface area (Å²) in [5.41, 5.74) is 0.0125. The average Bonchev–Trinajstić information content (AvgIpc) is 2.96. The topological polar surface area (TPSA) is 110 Å². The third-order valence-corrected chi connectivity index (χ3v) is 3.71. The lowest BCUT2D eigenvalue weighted by molar-refractivity contribution is -0.148. The van der Waals surface area contributed by atoms with Crippen LogP contribution in [-0.4, -0.2) is 42.7 Å². The SMILES string of the molecule is O=C(NC1(C(=O)O)CCC1)c1ccc(-n2cnnn2)cc1. The Balaban J connectivity index is 1.75. The monoisotopic (exact) mass is 287 g/mol. The van der Waals surface area contributed by atoms with Crippen molar-refractivity contribution >= 4 is 11.9 Å². The van der Waals surface area contributed by atoms with Crippen molar-refractivity contribution in [3.8, 4) is 5.69 Å². The van der Waals surface area contributed by atoms with Crippen LogP contribution >= 0.6 is 0 Å². The Morgan fingerprint density at radius 1 is 1.24 bits per heavy atom. The highest BCUT2D eigenvalue weighted by Gasteiger charge is 2.45. The van der Waals surface area contributed by atoms with Gasteiger partial charge in [-0.05, 0) is 54.0 Å². The summed E-state index contributed by atoms with van der Waals surface area (Å²) in [6.07, 6.45) is 3.20. The Bertz CT molecular complexity index is 662. The van der Waals surface area contributed by atoms with Gasteiger partial charge in [-0.15, -0.1) is 5.10 Å². The fraction of sp³-hybridized carbons (Fsp3) is 0.308. The Labute approximate surface area is 119 Å². The number of nitrogens with zero attached hydrogens (tertiary/aromatic N) is 4. The van der Waals surface area contributed by atoms with Gasteiger partial charge in [0.1, 0.15) is 11.9 Å². The van der Waals surface area contributed by atoms with Crippen molar-refractivity contribution in [2.45, 2.75) is 24.8 Å². The van der Waals surface area contributed by atoms with Crippen LogP contribution in [0, 0.1) is 0 Å². The second kappa shape index (κ2) is 4.97. The van der Waals surface area contributed by atoms with Crippen LogP contribution in [0.15, 0.2) is 30.6 Å². The zero-order chi connectivity index (χ0) is 14.9. The van der Waals surface area contributed by atoms with Gasteiger partial charge in [0.2, 0.25) is 0 Å². The lowest BCUT2D eigenvalue weighted by Gasteiger charge is -2.38. The van der Waals surface area contributed by atoms with Gasteiger partial charge in [-0.1, -0.05) is 0 Å². The van der Waals surface area contributed by atoms with Gasteiger partial charge in [-0.25, -0.2) is 9.48 Å². The first-order valence-electron chi connectivity index (χ1n) is 6.50. The molecule has 1 aromatic carbocycles. The molecule has 1 aromatic heterocycles. The number of rotatable bonds is 4. The number of carboxylic acids is 1. The molecule has 8 heteroatoms. The predicted octanol–water partition coefficient (Wildman–Crippen LogP) is 0.399. The third-order valence-electron chi connectivity index (χ3n) is 3.71. The third kappa shape index (κ3) is 2.35. The molecule has 0 bridgehead atoms. The zero-order valence-electron chi connectivity index (χ0n) is 11.1. The molecular formula is C13H13N5O3. The number of amides is 1. The van der Waals surface area contributed by atoms with E-state index in [0.717, 1.165) is 6.42 Å². The molecular weight excluding hydrogens is 274 g/mol. The Morgan fingerprint density at radius 3 is 2.43 bits per heavy atom. The highest BCUT2D eigenvalue weighted by molar-refractivity contribution is 5.98. The summed E-state index contributed by atoms with van der Waals surface area (Å²) in [5.74, 6) is -1.37. The fourth-order valence-electron chi connectivity index (χ4n) is 2.26. The molecule has 1 aliphatic carbocycles. The minimum absolute atomic E-state index is 0.389. The number of benzene rings is 1. The van der Waals surface area contributed by atoms with Crippen molar-refractivity contribution in [1.82, 2.24) is 25.5 Å². The summed E-state index contributed by atoms with van der Waals surface area (Å²) in [4.78, 5) is 23.4. The van der Waals surface area contributed by atoms with Crippen molar-refractivity contribution in [3.63, 3.8) is 0 Å². The van der Waals surface area contributed by atoms with Gasteiger partial charge >= 0.3 is 5.97 Å². The van der Waals surface area contributed by atoms with Crippen LogP contribution < -0.4 is 5.32 Å². The van der Waals surface area contributed by atoms with Gasteiger partial charge in [-0.2, -0.15) is 0 Å². The van der Waals surface area contributed by atoms with E-state index in [1.165, 1.54) is 11.0 Å². The smallest absolute Gasteiger partial charge is 0.329 e. The number of carbonyl (C=O) groups excluding carboxylic acids is 1. The van der Waals surface area contributed by atoms with Crippen molar-refractivity contribution in [1.29, 1.82) is 0 Å². The summed E-state index contributed by atoms with van der Waals surface area (Å²) in [7, 11) is 0. The number of nitrogens with one attached hydrogen (secondary N) is 1. The molecule has 0 atom stereocenters. The molecule has 0 radical (unpaired) electrons. The minimum atomic E-state index is -1.11. The van der Waals surface area contributed by atoms with Gasteiger partial charge in [0, 0.05) is 5.56 Å². The van der Waals surface area contributed by atoms with E-state index in [1.54, 1.807) is 24.3 Å². The quantitative estimate of drug-likeness (QED) is 0.842. The predicted molar refractivity (Wildman–Crippen MR) is 70.8 cm³/mol. The molecule has 0 aliphatic heterocycles. The molecule has 2 aromatic rings. The molecule has 0 unspecified atom stereocenters. The van der Waals surface area contributed by atoms with E-state index in [9.17, 15) is 14.7 Å². The summed E-state index contributed by atoms with van der Waals surface area (Å²) < 4.78 is 1.46. The second-order valence-electron chi connectivity index (χ2n) is 5.00. The standard InChI is InChI=1S/C13H13N5O3/c19-11(15-13(12(20)21)6-1-7-13)9-2-4-10(5-3-9)18-8-14-16-17-18/h2-5,8H,1,6-7H2,(H,15,19)(H,20,21). The van der Waals surface area contributed by atoms with Gasteiger partial charge in [0.05, 0.1) is 5.69 Å². The minimum Gasteiger partial charge on any atom is -0.480 e. The first-order valence-corrected chi connectivity index (χ1v) is 6.50. The van der Waals surface area contributed by atoms with Crippen molar-refractivity contribution < 1.29 is 14.7 Å². The van der Waals surface area contributed by atoms with Gasteiger partial charge in [0.25, 0.3) is 5.91 Å². The lowest BCUT2D eigenvalue weighted by atomic mass is 9.76. The van der Waals surface area contributed by atoms with Crippen LogP contribution in [-0.2, 0) is 4.79 Å². The van der Waals surface area contributed by atoms with Crippen LogP contribution in [0.5, 0.6) is 0 Å². The summed E-state index contributed by atoms with van der Waals surface area (Å²) in [5, 5.41) is 22.6. The van der Waals surface area contributed by atoms with Crippen molar-refractivity contribution in [3.05, 3.63) is 36.2 Å². The van der Waals surface area contributed by atoms with Crippen LogP contribution in [0.3, 0.4) is 0 Å². The molecule has 0 saturated heterocycles. The van der Waals surface area contributed by atoms with Gasteiger partial charge in [-0.3, -0.25) is 4.79 Å². The number of aliphatic carboxylic acids is 1. The highest BCUT2D eigenvalue weighted by atomic mass is 16.4. The van der Waals surface area contributed by atoms with Gasteiger partial charge < -0.3 is 10.4 Å². The molecule has 2 N–H and O–H groups in total. The first-order chi connectivity index (χ1) is 10.1. The van der Waals surface area contributed by atoms with E-state index in [1.807, 2.05) is 0 Å². The first kappa shape index (κ1) is 13.2. The maximum absolute atomic E-state index is 12.1. The van der Waals surface area contributed by atoms with Crippen LogP contribution in [0.1, 0.15) is 29.6 Å². The zero-order valence-corrected chi connectivity index (χ0v) is 11.1. The lowest BCUT2D eigenvalue weighted by Crippen LogP contribution is -2.59. The van der Waals surface area contributed by atoms with E-state index in [-0.39, 0.29) is 5.91 Å². The van der Waals surface area contributed by atoms with Gasteiger partial charge in [0.15, 0.2) is 0 Å². The maximum Gasteiger partial charge on any atom is 0.329 e. The number of carbonyl (C=O) groups is 2. The van der Waals surface area contributed by atoms with E-state index >= 15 is 0 Å². The largest absolute Gasteiger partial charge is 0.480 e. The molecule has 1 heterocycles. The Morgan fingerprint density at radius 2 is 1.95 bits per heavy atom.